The average Bonchev–Trinajstić information content (AvgIpc) is 3.43. The van der Waals surface area contributed by atoms with Gasteiger partial charge in [-0.15, -0.1) is 0 Å². The maximum Gasteiger partial charge on any atom is 0.411 e. The molecule has 4 rings (SSSR count). The maximum atomic E-state index is 12.6. The lowest BCUT2D eigenvalue weighted by molar-refractivity contribution is 0.00713. The second-order valence-electron chi connectivity index (χ2n) is 9.72. The van der Waals surface area contributed by atoms with Crippen molar-refractivity contribution in [2.45, 2.75) is 76.7 Å². The zero-order valence-electron chi connectivity index (χ0n) is 18.5. The first-order chi connectivity index (χ1) is 14.6. The van der Waals surface area contributed by atoms with Gasteiger partial charge in [0, 0.05) is 35.1 Å². The quantitative estimate of drug-likeness (QED) is 0.798. The predicted octanol–water partition coefficient (Wildman–Crippen LogP) is 3.83. The minimum absolute atomic E-state index is 0.134. The van der Waals surface area contributed by atoms with Crippen LogP contribution in [0.2, 0.25) is 0 Å². The summed E-state index contributed by atoms with van der Waals surface area (Å²) in [5.41, 5.74) is 6.78. The molecule has 8 nitrogen and oxygen atoms in total. The lowest BCUT2D eigenvalue weighted by Crippen LogP contribution is -2.53. The molecule has 2 aliphatic rings. The Morgan fingerprint density at radius 3 is 2.74 bits per heavy atom. The van der Waals surface area contributed by atoms with E-state index in [1.807, 2.05) is 33.8 Å². The fourth-order valence-electron chi connectivity index (χ4n) is 3.86. The fraction of sp³-hybridized carbons (Fsp3) is 0.565. The van der Waals surface area contributed by atoms with Crippen molar-refractivity contribution in [3.8, 4) is 11.9 Å². The van der Waals surface area contributed by atoms with Crippen LogP contribution in [0.1, 0.15) is 70.7 Å². The van der Waals surface area contributed by atoms with Gasteiger partial charge >= 0.3 is 6.09 Å². The van der Waals surface area contributed by atoms with E-state index in [2.05, 4.69) is 16.0 Å². The molecular formula is C23H29N5O3. The van der Waals surface area contributed by atoms with Gasteiger partial charge in [-0.2, -0.15) is 5.26 Å². The summed E-state index contributed by atoms with van der Waals surface area (Å²) >= 11 is 0. The normalized spacial score (nSPS) is 22.6. The molecule has 2 atom stereocenters. The van der Waals surface area contributed by atoms with Crippen molar-refractivity contribution in [3.05, 3.63) is 29.7 Å². The third-order valence-electron chi connectivity index (χ3n) is 5.81. The van der Waals surface area contributed by atoms with Gasteiger partial charge in [-0.05, 0) is 65.5 Å². The van der Waals surface area contributed by atoms with Crippen LogP contribution in [0.5, 0.6) is 5.88 Å². The summed E-state index contributed by atoms with van der Waals surface area (Å²) in [5.74, 6) is 0.316. The van der Waals surface area contributed by atoms with Gasteiger partial charge in [-0.3, -0.25) is 9.88 Å². The molecule has 1 aliphatic heterocycles. The van der Waals surface area contributed by atoms with E-state index in [1.165, 1.54) is 0 Å². The van der Waals surface area contributed by atoms with Crippen LogP contribution in [0.3, 0.4) is 0 Å². The van der Waals surface area contributed by atoms with E-state index in [0.29, 0.717) is 18.1 Å². The first-order valence-corrected chi connectivity index (χ1v) is 10.7. The van der Waals surface area contributed by atoms with E-state index in [1.54, 1.807) is 17.2 Å². The Labute approximate surface area is 182 Å². The standard InChI is InChI=1S/C23H29N5O3/c1-22(2,3)31-21(29)28-9-5-6-16(19(28)25)18-11-17-14(13-26-18)10-15(12-24)27-20(17)30-23(4)7-8-23/h10-11,13,16,19H,5-9,25H2,1-4H3/t16?,19-/m0/s1. The minimum Gasteiger partial charge on any atom is -0.471 e. The molecule has 2 aromatic heterocycles. The van der Waals surface area contributed by atoms with Gasteiger partial charge in [-0.25, -0.2) is 9.78 Å². The third-order valence-corrected chi connectivity index (χ3v) is 5.81. The van der Waals surface area contributed by atoms with Crippen molar-refractivity contribution in [1.82, 2.24) is 14.9 Å². The monoisotopic (exact) mass is 423 g/mol. The van der Waals surface area contributed by atoms with E-state index in [0.717, 1.165) is 42.1 Å². The molecule has 1 unspecified atom stereocenters. The van der Waals surface area contributed by atoms with Crippen LogP contribution in [0.4, 0.5) is 4.79 Å². The molecule has 1 aliphatic carbocycles. The SMILES string of the molecule is CC(C)(C)OC(=O)N1CCCC(c2cc3c(OC4(C)CC4)nc(C#N)cc3cn2)[C@H]1N. The number of nitriles is 1. The summed E-state index contributed by atoms with van der Waals surface area (Å²) in [7, 11) is 0. The maximum absolute atomic E-state index is 12.6. The molecule has 164 valence electrons. The van der Waals surface area contributed by atoms with E-state index < -0.39 is 17.9 Å². The molecule has 1 amide bonds. The van der Waals surface area contributed by atoms with E-state index >= 15 is 0 Å². The Kier molecular flexibility index (Phi) is 5.26. The summed E-state index contributed by atoms with van der Waals surface area (Å²) in [6.07, 6.45) is 4.34. The van der Waals surface area contributed by atoms with Crippen LogP contribution in [0, 0.1) is 11.3 Å². The zero-order chi connectivity index (χ0) is 22.4. The van der Waals surface area contributed by atoms with Crippen molar-refractivity contribution < 1.29 is 14.3 Å². The van der Waals surface area contributed by atoms with Crippen LogP contribution >= 0.6 is 0 Å². The summed E-state index contributed by atoms with van der Waals surface area (Å²) in [6, 6.07) is 5.74. The van der Waals surface area contributed by atoms with Gasteiger partial charge in [0.25, 0.3) is 0 Å². The highest BCUT2D eigenvalue weighted by Gasteiger charge is 2.41. The fourth-order valence-corrected chi connectivity index (χ4v) is 3.86. The highest BCUT2D eigenvalue weighted by atomic mass is 16.6. The number of pyridine rings is 2. The van der Waals surface area contributed by atoms with E-state index in [4.69, 9.17) is 15.2 Å². The van der Waals surface area contributed by atoms with Gasteiger partial charge < -0.3 is 15.2 Å². The number of piperidine rings is 1. The van der Waals surface area contributed by atoms with Crippen LogP contribution in [-0.2, 0) is 4.74 Å². The summed E-state index contributed by atoms with van der Waals surface area (Å²) in [6.45, 7) is 8.12. The van der Waals surface area contributed by atoms with Gasteiger partial charge in [0.15, 0.2) is 0 Å². The van der Waals surface area contributed by atoms with Crippen molar-refractivity contribution in [2.24, 2.45) is 5.73 Å². The average molecular weight is 424 g/mol. The Morgan fingerprint density at radius 2 is 2.10 bits per heavy atom. The van der Waals surface area contributed by atoms with Crippen molar-refractivity contribution in [2.75, 3.05) is 6.54 Å². The molecule has 1 saturated carbocycles. The number of carbonyl (C=O) groups is 1. The number of nitrogens with zero attached hydrogens (tertiary/aromatic N) is 4. The second-order valence-corrected chi connectivity index (χ2v) is 9.72. The Bertz CT molecular complexity index is 1050. The highest BCUT2D eigenvalue weighted by Crippen LogP contribution is 2.41. The van der Waals surface area contributed by atoms with Crippen LogP contribution in [-0.4, -0.2) is 44.9 Å². The molecular weight excluding hydrogens is 394 g/mol. The number of hydrogen-bond acceptors (Lipinski definition) is 7. The smallest absolute Gasteiger partial charge is 0.411 e. The van der Waals surface area contributed by atoms with Crippen molar-refractivity contribution >= 4 is 16.9 Å². The lowest BCUT2D eigenvalue weighted by Gasteiger charge is -2.39. The van der Waals surface area contributed by atoms with Crippen LogP contribution < -0.4 is 10.5 Å². The summed E-state index contributed by atoms with van der Waals surface area (Å²) in [5, 5.41) is 10.9. The number of aromatic nitrogens is 2. The molecule has 2 fully saturated rings. The van der Waals surface area contributed by atoms with Gasteiger partial charge in [-0.1, -0.05) is 0 Å². The topological polar surface area (TPSA) is 114 Å². The number of rotatable bonds is 3. The molecule has 0 bridgehead atoms. The summed E-state index contributed by atoms with van der Waals surface area (Å²) in [4.78, 5) is 23.3. The molecule has 3 heterocycles. The second kappa shape index (κ2) is 7.65. The Hall–Kier alpha value is -2.92. The van der Waals surface area contributed by atoms with Crippen molar-refractivity contribution in [1.29, 1.82) is 5.26 Å². The van der Waals surface area contributed by atoms with Gasteiger partial charge in [0.2, 0.25) is 5.88 Å². The number of carbonyl (C=O) groups excluding carboxylic acids is 1. The molecule has 31 heavy (non-hydrogen) atoms. The number of likely N-dealkylation sites (tertiary alicyclic amines) is 1. The number of ether oxygens (including phenoxy) is 2. The molecule has 2 N–H and O–H groups in total. The molecule has 0 radical (unpaired) electrons. The lowest BCUT2D eigenvalue weighted by atomic mass is 9.90. The van der Waals surface area contributed by atoms with E-state index in [9.17, 15) is 10.1 Å². The molecule has 8 heteroatoms. The molecule has 2 aromatic rings. The van der Waals surface area contributed by atoms with Crippen molar-refractivity contribution in [3.63, 3.8) is 0 Å². The van der Waals surface area contributed by atoms with Gasteiger partial charge in [0.1, 0.15) is 23.0 Å². The first kappa shape index (κ1) is 21.3. The number of nitrogens with two attached hydrogens (primary N) is 1. The number of amides is 1. The number of hydrogen-bond donors (Lipinski definition) is 1. The zero-order valence-corrected chi connectivity index (χ0v) is 18.5. The Morgan fingerprint density at radius 1 is 1.35 bits per heavy atom. The molecule has 0 spiro atoms. The molecule has 1 saturated heterocycles. The van der Waals surface area contributed by atoms with E-state index in [-0.39, 0.29) is 11.5 Å². The largest absolute Gasteiger partial charge is 0.471 e. The minimum atomic E-state index is -0.583. The van der Waals surface area contributed by atoms with Crippen LogP contribution in [0.15, 0.2) is 18.3 Å². The first-order valence-electron chi connectivity index (χ1n) is 10.7. The highest BCUT2D eigenvalue weighted by molar-refractivity contribution is 5.87. The summed E-state index contributed by atoms with van der Waals surface area (Å²) < 4.78 is 11.7. The van der Waals surface area contributed by atoms with Gasteiger partial charge in [0.05, 0.1) is 6.17 Å². The Balaban J connectivity index is 1.66. The number of fused-ring (bicyclic) bond motifs is 1. The van der Waals surface area contributed by atoms with Crippen LogP contribution in [0.25, 0.3) is 10.8 Å². The third kappa shape index (κ3) is 4.57. The molecule has 0 aromatic carbocycles. The predicted molar refractivity (Wildman–Crippen MR) is 115 cm³/mol.